The standard InChI is InChI=1S/C19H26N4O2S/c1-14-2-4-15(5-3-14)11-26-18-22-16(20)10-17(23-18)21-12-19(13-24)6-8-25-9-7-19/h2-5,10,24H,6-9,11-13H2,1H3,(H3,20,21,22,23). The monoisotopic (exact) mass is 374 g/mol. The number of rotatable bonds is 7. The van der Waals surface area contributed by atoms with Gasteiger partial charge in [-0.2, -0.15) is 0 Å². The normalized spacial score (nSPS) is 16.4. The van der Waals surface area contributed by atoms with Crippen molar-refractivity contribution in [2.24, 2.45) is 5.41 Å². The highest BCUT2D eigenvalue weighted by Gasteiger charge is 2.31. The predicted octanol–water partition coefficient (Wildman–Crippen LogP) is 2.86. The van der Waals surface area contributed by atoms with E-state index in [9.17, 15) is 5.11 Å². The van der Waals surface area contributed by atoms with Gasteiger partial charge in [0.1, 0.15) is 11.6 Å². The van der Waals surface area contributed by atoms with E-state index in [-0.39, 0.29) is 12.0 Å². The molecular formula is C19H26N4O2S. The molecule has 6 nitrogen and oxygen atoms in total. The van der Waals surface area contributed by atoms with Crippen molar-refractivity contribution in [3.8, 4) is 0 Å². The SMILES string of the molecule is Cc1ccc(CSc2nc(N)cc(NCC3(CO)CCOCC3)n2)cc1. The minimum atomic E-state index is -0.160. The fourth-order valence-electron chi connectivity index (χ4n) is 2.90. The molecule has 0 unspecified atom stereocenters. The molecule has 1 saturated heterocycles. The predicted molar refractivity (Wildman–Crippen MR) is 105 cm³/mol. The van der Waals surface area contributed by atoms with Crippen molar-refractivity contribution in [2.45, 2.75) is 30.7 Å². The van der Waals surface area contributed by atoms with E-state index in [0.29, 0.717) is 36.6 Å². The van der Waals surface area contributed by atoms with Gasteiger partial charge >= 0.3 is 0 Å². The molecule has 1 fully saturated rings. The molecule has 1 aromatic heterocycles. The summed E-state index contributed by atoms with van der Waals surface area (Å²) in [6, 6.07) is 10.2. The van der Waals surface area contributed by atoms with Crippen LogP contribution in [-0.4, -0.2) is 41.4 Å². The summed E-state index contributed by atoms with van der Waals surface area (Å²) in [5.74, 6) is 1.93. The van der Waals surface area contributed by atoms with E-state index >= 15 is 0 Å². The quantitative estimate of drug-likeness (QED) is 0.507. The summed E-state index contributed by atoms with van der Waals surface area (Å²) in [5, 5.41) is 13.8. The molecule has 26 heavy (non-hydrogen) atoms. The van der Waals surface area contributed by atoms with Crippen LogP contribution in [0, 0.1) is 12.3 Å². The number of anilines is 2. The van der Waals surface area contributed by atoms with Crippen molar-refractivity contribution in [3.63, 3.8) is 0 Å². The number of hydrogen-bond donors (Lipinski definition) is 3. The van der Waals surface area contributed by atoms with Crippen molar-refractivity contribution >= 4 is 23.4 Å². The number of thioether (sulfide) groups is 1. The minimum Gasteiger partial charge on any atom is -0.396 e. The molecule has 0 amide bonds. The van der Waals surface area contributed by atoms with Crippen LogP contribution in [0.4, 0.5) is 11.6 Å². The van der Waals surface area contributed by atoms with Crippen molar-refractivity contribution < 1.29 is 9.84 Å². The Labute approximate surface area is 158 Å². The van der Waals surface area contributed by atoms with E-state index in [2.05, 4.69) is 46.5 Å². The van der Waals surface area contributed by atoms with Gasteiger partial charge < -0.3 is 20.9 Å². The maximum absolute atomic E-state index is 9.80. The van der Waals surface area contributed by atoms with E-state index in [1.54, 1.807) is 17.8 Å². The Hall–Kier alpha value is -1.83. The number of hydrogen-bond acceptors (Lipinski definition) is 7. The van der Waals surface area contributed by atoms with Crippen LogP contribution in [0.15, 0.2) is 35.5 Å². The van der Waals surface area contributed by atoms with Gasteiger partial charge in [-0.1, -0.05) is 41.6 Å². The molecule has 4 N–H and O–H groups in total. The van der Waals surface area contributed by atoms with Crippen LogP contribution in [0.1, 0.15) is 24.0 Å². The number of aryl methyl sites for hydroxylation is 1. The summed E-state index contributed by atoms with van der Waals surface area (Å²) in [6.07, 6.45) is 1.68. The number of ether oxygens (including phenoxy) is 1. The molecule has 1 aliphatic rings. The Morgan fingerprint density at radius 1 is 1.23 bits per heavy atom. The van der Waals surface area contributed by atoms with E-state index in [1.807, 2.05) is 0 Å². The molecule has 0 atom stereocenters. The average Bonchev–Trinajstić information content (AvgIpc) is 2.66. The number of nitrogens with zero attached hydrogens (tertiary/aromatic N) is 2. The number of aliphatic hydroxyl groups is 1. The topological polar surface area (TPSA) is 93.3 Å². The number of aliphatic hydroxyl groups excluding tert-OH is 1. The molecule has 7 heteroatoms. The first kappa shape index (κ1) is 18.9. The second-order valence-corrected chi connectivity index (χ2v) is 7.80. The van der Waals surface area contributed by atoms with Crippen LogP contribution < -0.4 is 11.1 Å². The average molecular weight is 375 g/mol. The summed E-state index contributed by atoms with van der Waals surface area (Å²) < 4.78 is 5.41. The summed E-state index contributed by atoms with van der Waals surface area (Å²) in [7, 11) is 0. The van der Waals surface area contributed by atoms with Gasteiger partial charge in [-0.15, -0.1) is 0 Å². The van der Waals surface area contributed by atoms with Crippen molar-refractivity contribution in [1.29, 1.82) is 0 Å². The van der Waals surface area contributed by atoms with Gasteiger partial charge in [0.2, 0.25) is 0 Å². The molecule has 1 aromatic carbocycles. The third-order valence-corrected chi connectivity index (χ3v) is 5.67. The Balaban J connectivity index is 1.62. The zero-order valence-corrected chi connectivity index (χ0v) is 15.9. The molecule has 3 rings (SSSR count). The first-order chi connectivity index (χ1) is 12.6. The molecule has 2 aromatic rings. The maximum Gasteiger partial charge on any atom is 0.191 e. The van der Waals surface area contributed by atoms with Gasteiger partial charge in [-0.05, 0) is 25.3 Å². The zero-order valence-electron chi connectivity index (χ0n) is 15.1. The van der Waals surface area contributed by atoms with Gasteiger partial charge in [0.25, 0.3) is 0 Å². The molecule has 0 aliphatic carbocycles. The lowest BCUT2D eigenvalue weighted by Gasteiger charge is -2.35. The Morgan fingerprint density at radius 2 is 1.96 bits per heavy atom. The first-order valence-corrected chi connectivity index (χ1v) is 9.83. The minimum absolute atomic E-state index is 0.138. The highest BCUT2D eigenvalue weighted by atomic mass is 32.2. The lowest BCUT2D eigenvalue weighted by atomic mass is 9.81. The lowest BCUT2D eigenvalue weighted by molar-refractivity contribution is -0.00862. The van der Waals surface area contributed by atoms with Crippen LogP contribution in [-0.2, 0) is 10.5 Å². The number of aromatic nitrogens is 2. The smallest absolute Gasteiger partial charge is 0.191 e. The molecule has 1 aliphatic heterocycles. The van der Waals surface area contributed by atoms with Crippen LogP contribution in [0.2, 0.25) is 0 Å². The molecule has 2 heterocycles. The summed E-state index contributed by atoms with van der Waals surface area (Å²) in [4.78, 5) is 8.88. The molecule has 0 bridgehead atoms. The van der Waals surface area contributed by atoms with E-state index in [0.717, 1.165) is 18.6 Å². The van der Waals surface area contributed by atoms with Gasteiger partial charge in [0.05, 0.1) is 6.61 Å². The Morgan fingerprint density at radius 3 is 2.65 bits per heavy atom. The summed E-state index contributed by atoms with van der Waals surface area (Å²) >= 11 is 1.56. The van der Waals surface area contributed by atoms with Crippen molar-refractivity contribution in [2.75, 3.05) is 37.4 Å². The second kappa shape index (κ2) is 8.70. The lowest BCUT2D eigenvalue weighted by Crippen LogP contribution is -2.39. The summed E-state index contributed by atoms with van der Waals surface area (Å²) in [6.45, 7) is 4.23. The fourth-order valence-corrected chi connectivity index (χ4v) is 3.72. The number of nitrogens with two attached hydrogens (primary N) is 1. The maximum atomic E-state index is 9.80. The molecular weight excluding hydrogens is 348 g/mol. The van der Waals surface area contributed by atoms with E-state index < -0.39 is 0 Å². The number of nitrogen functional groups attached to an aromatic ring is 1. The fraction of sp³-hybridized carbons (Fsp3) is 0.474. The van der Waals surface area contributed by atoms with Gasteiger partial charge in [0.15, 0.2) is 5.16 Å². The van der Waals surface area contributed by atoms with Crippen LogP contribution in [0.3, 0.4) is 0 Å². The van der Waals surface area contributed by atoms with Crippen LogP contribution >= 0.6 is 11.8 Å². The number of nitrogens with one attached hydrogen (secondary N) is 1. The highest BCUT2D eigenvalue weighted by Crippen LogP contribution is 2.30. The van der Waals surface area contributed by atoms with Gasteiger partial charge in [-0.3, -0.25) is 0 Å². The van der Waals surface area contributed by atoms with Crippen molar-refractivity contribution in [3.05, 3.63) is 41.5 Å². The third kappa shape index (κ3) is 5.09. The highest BCUT2D eigenvalue weighted by molar-refractivity contribution is 7.98. The van der Waals surface area contributed by atoms with Crippen molar-refractivity contribution in [1.82, 2.24) is 9.97 Å². The second-order valence-electron chi connectivity index (χ2n) is 6.86. The zero-order chi connectivity index (χ0) is 18.4. The van der Waals surface area contributed by atoms with Crippen LogP contribution in [0.25, 0.3) is 0 Å². The first-order valence-electron chi connectivity index (χ1n) is 8.84. The molecule has 0 saturated carbocycles. The van der Waals surface area contributed by atoms with Crippen LogP contribution in [0.5, 0.6) is 0 Å². The van der Waals surface area contributed by atoms with Gasteiger partial charge in [-0.25, -0.2) is 9.97 Å². The summed E-state index contributed by atoms with van der Waals surface area (Å²) in [5.41, 5.74) is 8.26. The Bertz CT molecular complexity index is 718. The van der Waals surface area contributed by atoms with E-state index in [1.165, 1.54) is 11.1 Å². The third-order valence-electron chi connectivity index (χ3n) is 4.75. The molecule has 140 valence electrons. The molecule has 0 spiro atoms. The Kier molecular flexibility index (Phi) is 6.34. The largest absolute Gasteiger partial charge is 0.396 e. The molecule has 0 radical (unpaired) electrons. The van der Waals surface area contributed by atoms with Gasteiger partial charge in [0, 0.05) is 37.0 Å². The van der Waals surface area contributed by atoms with E-state index in [4.69, 9.17) is 10.5 Å². The number of benzene rings is 1.